The number of alkyl halides is 9. The summed E-state index contributed by atoms with van der Waals surface area (Å²) < 4.78 is 196. The van der Waals surface area contributed by atoms with Crippen molar-refractivity contribution < 1.29 is 161 Å². The number of ether oxygens (including phenoxy) is 12. The molecule has 3 aliphatic heterocycles. The summed E-state index contributed by atoms with van der Waals surface area (Å²) in [4.78, 5) is 77.5. The van der Waals surface area contributed by atoms with Gasteiger partial charge in [-0.1, -0.05) is 73.9 Å². The van der Waals surface area contributed by atoms with E-state index in [0.29, 0.717) is 24.6 Å². The second-order valence-electron chi connectivity index (χ2n) is 32.5. The van der Waals surface area contributed by atoms with E-state index in [-0.39, 0.29) is 206 Å². The maximum absolute atomic E-state index is 14.1. The molecule has 3 aliphatic rings. The van der Waals surface area contributed by atoms with Gasteiger partial charge in [0.15, 0.2) is 17.1 Å². The predicted octanol–water partition coefficient (Wildman–Crippen LogP) is 0.270. The standard InChI is InChI=1S/C82H123F9N22O25/c1-2-3-4-5-6-7-8-9-10-11-69(120)104-79(15-12-66(117)92-18-24-127-30-33-130-27-21-111-39-51(105-108-111)45-136-76-98-60(80(83,84)85)36-63(101-76)95-54-48-133-57(42-114)73(124)70(54)121,16-13-67(118)93-19-25-128-31-34-131-28-22-112-40-52(106-109-112)46-137-77-99-61(81(86,87)88)37-64(102-77)96-55-49-134-58(43-115)74(125)71(55)122)17-14-68(119)94-20-26-129-32-35-132-29-23-113-41-53(107-110-113)47-138-78-100-62(82(89,90)91)38-65(103-78)97-56-50-135-59(44-116)75(126)72(56)123/h36-41,54-59,70-75,114-116,121-126H,2-35,42-50H2,1H3,(H,92,117)(H,93,118)(H,94,119)(H,104,120)(H,95,98,101)(H,96,99,102)(H,97,100,103)/t54-,55-,56-,57+,58+,59+,70+,71+,72+,73-,74-,75-/m0/s1. The van der Waals surface area contributed by atoms with E-state index in [9.17, 15) is 105 Å². The number of hydrogen-bond acceptors (Lipinski definition) is 40. The van der Waals surface area contributed by atoms with Crippen LogP contribution in [0.25, 0.3) is 0 Å². The highest BCUT2D eigenvalue weighted by Crippen LogP contribution is 2.36. The van der Waals surface area contributed by atoms with Crippen molar-refractivity contribution in [2.75, 3.05) is 155 Å². The van der Waals surface area contributed by atoms with Crippen LogP contribution in [0.3, 0.4) is 0 Å². The van der Waals surface area contributed by atoms with Crippen LogP contribution in [-0.4, -0.2) is 362 Å². The number of aromatic nitrogens is 15. The van der Waals surface area contributed by atoms with Crippen LogP contribution in [0.2, 0.25) is 0 Å². The first-order valence-corrected chi connectivity index (χ1v) is 45.3. The molecule has 9 heterocycles. The minimum absolute atomic E-state index is 0.00670. The summed E-state index contributed by atoms with van der Waals surface area (Å²) in [6, 6.07) is -3.62. The summed E-state index contributed by atoms with van der Waals surface area (Å²) in [6.07, 6.45) is -14.3. The lowest BCUT2D eigenvalue weighted by Gasteiger charge is -2.37. The molecule has 0 saturated carbocycles. The van der Waals surface area contributed by atoms with E-state index >= 15 is 0 Å². The molecule has 12 atom stereocenters. The third kappa shape index (κ3) is 38.9. The summed E-state index contributed by atoms with van der Waals surface area (Å²) >= 11 is 0. The highest BCUT2D eigenvalue weighted by atomic mass is 19.4. The zero-order valence-corrected chi connectivity index (χ0v) is 76.0. The van der Waals surface area contributed by atoms with Crippen LogP contribution >= 0.6 is 0 Å². The first-order chi connectivity index (χ1) is 66.2. The molecule has 0 unspecified atom stereocenters. The lowest BCUT2D eigenvalue weighted by molar-refractivity contribution is -0.152. The van der Waals surface area contributed by atoms with Gasteiger partial charge in [-0.05, 0) is 25.7 Å². The van der Waals surface area contributed by atoms with Crippen molar-refractivity contribution in [1.82, 2.24) is 96.2 Å². The van der Waals surface area contributed by atoms with Gasteiger partial charge in [-0.2, -0.15) is 69.4 Å². The van der Waals surface area contributed by atoms with Gasteiger partial charge >= 0.3 is 36.6 Å². The molecule has 138 heavy (non-hydrogen) atoms. The average Bonchev–Trinajstić information content (AvgIpc) is 0.867. The fourth-order valence-electron chi connectivity index (χ4n) is 14.2. The van der Waals surface area contributed by atoms with Gasteiger partial charge in [0.25, 0.3) is 0 Å². The SMILES string of the molecule is CCCCCCCCCCCC(=O)NC(CCC(=O)NCCOCCOCCn1cc(COc2nc(N[C@H]3CO[C@H](CO)[C@H](O)[C@@H]3O)cc(C(F)(F)F)n2)nn1)(CCC(=O)NCCOCCOCCn1cc(COc2nc(N[C@H]3CO[C@H](CO)[C@H](O)[C@@H]3O)cc(C(F)(F)F)n2)nn1)CCC(=O)NCCOCCOCCn1cc(COc2nc(N[C@H]3CO[C@H](CO)[C@H](O)[C@@H]3O)cc(C(F)(F)F)n2)nn1. The molecule has 16 N–H and O–H groups in total. The van der Waals surface area contributed by atoms with Gasteiger partial charge in [0, 0.05) is 69.1 Å². The Labute approximate surface area is 785 Å². The minimum Gasteiger partial charge on any atom is -0.457 e. The molecule has 774 valence electrons. The number of anilines is 3. The molecule has 0 radical (unpaired) electrons. The second kappa shape index (κ2) is 57.7. The Hall–Kier alpha value is -10.0. The minimum atomic E-state index is -4.93. The van der Waals surface area contributed by atoms with Crippen LogP contribution in [-0.2, 0) is 120 Å². The molecule has 4 amide bonds. The maximum Gasteiger partial charge on any atom is 0.433 e. The number of aliphatic hydroxyl groups is 9. The Morgan fingerprint density at radius 2 is 0.674 bits per heavy atom. The number of carbonyl (C=O) groups excluding carboxylic acids is 4. The van der Waals surface area contributed by atoms with Gasteiger partial charge in [0.2, 0.25) is 23.6 Å². The van der Waals surface area contributed by atoms with E-state index in [2.05, 4.69) is 105 Å². The smallest absolute Gasteiger partial charge is 0.433 e. The Morgan fingerprint density at radius 1 is 0.384 bits per heavy atom. The molecule has 6 aromatic heterocycles. The fraction of sp³-hybridized carbons (Fsp3) is 0.732. The molecule has 3 saturated heterocycles. The van der Waals surface area contributed by atoms with Gasteiger partial charge in [0.05, 0.1) is 175 Å². The Bertz CT molecular complexity index is 4170. The average molecular weight is 1990 g/mol. The zero-order valence-electron chi connectivity index (χ0n) is 76.0. The normalized spacial score (nSPS) is 20.4. The van der Waals surface area contributed by atoms with E-state index in [1.54, 1.807) is 0 Å². The number of aliphatic hydroxyl groups excluding tert-OH is 9. The summed E-state index contributed by atoms with van der Waals surface area (Å²) in [5.41, 5.74) is -4.80. The molecule has 3 fully saturated rings. The monoisotopic (exact) mass is 1990 g/mol. The lowest BCUT2D eigenvalue weighted by Crippen LogP contribution is -2.56. The maximum atomic E-state index is 14.1. The molecule has 0 bridgehead atoms. The van der Waals surface area contributed by atoms with Crippen molar-refractivity contribution in [3.8, 4) is 18.0 Å². The van der Waals surface area contributed by atoms with Crippen LogP contribution in [0, 0.1) is 0 Å². The Morgan fingerprint density at radius 3 is 0.964 bits per heavy atom. The van der Waals surface area contributed by atoms with E-state index in [1.165, 1.54) is 32.6 Å². The van der Waals surface area contributed by atoms with Crippen LogP contribution in [0.4, 0.5) is 57.0 Å². The quantitative estimate of drug-likeness (QED) is 0.0180. The van der Waals surface area contributed by atoms with Crippen LogP contribution in [0.15, 0.2) is 36.8 Å². The molecule has 56 heteroatoms. The molecule has 47 nitrogen and oxygen atoms in total. The number of rotatable bonds is 65. The molecular weight excluding hydrogens is 1860 g/mol. The topological polar surface area (TPSA) is 615 Å². The third-order valence-electron chi connectivity index (χ3n) is 21.9. The summed E-state index contributed by atoms with van der Waals surface area (Å²) in [7, 11) is 0. The predicted molar refractivity (Wildman–Crippen MR) is 457 cm³/mol. The third-order valence-corrected chi connectivity index (χ3v) is 21.9. The second-order valence-corrected chi connectivity index (χ2v) is 32.5. The first kappa shape index (κ1) is 112. The zero-order chi connectivity index (χ0) is 99.5. The van der Waals surface area contributed by atoms with E-state index < -0.39 is 207 Å². The summed E-state index contributed by atoms with van der Waals surface area (Å²) in [5.74, 6) is -2.78. The Kier molecular flexibility index (Phi) is 46.6. The number of hydrogen-bond donors (Lipinski definition) is 16. The molecule has 0 aromatic carbocycles. The highest BCUT2D eigenvalue weighted by Gasteiger charge is 2.44. The highest BCUT2D eigenvalue weighted by molar-refractivity contribution is 5.80. The van der Waals surface area contributed by atoms with E-state index in [0.717, 1.165) is 51.4 Å². The number of unbranched alkanes of at least 4 members (excludes halogenated alkanes) is 8. The lowest BCUT2D eigenvalue weighted by atomic mass is 9.82. The van der Waals surface area contributed by atoms with Gasteiger partial charge < -0.3 is 140 Å². The van der Waals surface area contributed by atoms with Crippen molar-refractivity contribution in [2.45, 2.75) is 246 Å². The Balaban J connectivity index is 0.720. The summed E-state index contributed by atoms with van der Waals surface area (Å²) in [6.45, 7) is 0.245. The van der Waals surface area contributed by atoms with E-state index in [4.69, 9.17) is 56.8 Å². The van der Waals surface area contributed by atoms with Gasteiger partial charge in [0.1, 0.15) is 109 Å². The van der Waals surface area contributed by atoms with Crippen LogP contribution < -0.4 is 51.4 Å². The summed E-state index contributed by atoms with van der Waals surface area (Å²) in [5, 5.41) is 134. The molecule has 9 rings (SSSR count). The number of nitrogens with zero attached hydrogens (tertiary/aromatic N) is 15. The molecule has 6 aromatic rings. The van der Waals surface area contributed by atoms with Crippen molar-refractivity contribution in [3.05, 3.63) is 71.0 Å². The van der Waals surface area contributed by atoms with Gasteiger partial charge in [-0.3, -0.25) is 19.2 Å². The van der Waals surface area contributed by atoms with Crippen molar-refractivity contribution >= 4 is 41.1 Å². The number of amides is 4. The van der Waals surface area contributed by atoms with Crippen LogP contribution in [0.1, 0.15) is 144 Å². The first-order valence-electron chi connectivity index (χ1n) is 45.3. The van der Waals surface area contributed by atoms with Crippen molar-refractivity contribution in [1.29, 1.82) is 0 Å². The molecular formula is C82H123F9N22O25. The number of carbonyl (C=O) groups is 4. The molecule has 0 spiro atoms. The fourth-order valence-corrected chi connectivity index (χ4v) is 14.2. The van der Waals surface area contributed by atoms with Crippen LogP contribution in [0.5, 0.6) is 18.0 Å². The number of halogens is 9. The molecule has 0 aliphatic carbocycles. The number of nitrogens with one attached hydrogen (secondary N) is 7. The van der Waals surface area contributed by atoms with Crippen molar-refractivity contribution in [3.63, 3.8) is 0 Å². The van der Waals surface area contributed by atoms with Gasteiger partial charge in [-0.15, -0.1) is 15.3 Å². The van der Waals surface area contributed by atoms with E-state index in [1.807, 2.05) is 0 Å². The van der Waals surface area contributed by atoms with Crippen molar-refractivity contribution in [2.24, 2.45) is 0 Å². The largest absolute Gasteiger partial charge is 0.457 e. The van der Waals surface area contributed by atoms with Gasteiger partial charge in [-0.25, -0.2) is 14.0 Å².